The van der Waals surface area contributed by atoms with Crippen LogP contribution in [0.15, 0.2) is 17.5 Å². The Kier molecular flexibility index (Phi) is 2.29. The molecule has 0 aliphatic heterocycles. The van der Waals surface area contributed by atoms with E-state index in [-0.39, 0.29) is 5.82 Å². The molecule has 0 saturated heterocycles. The van der Waals surface area contributed by atoms with Gasteiger partial charge in [0, 0.05) is 5.38 Å². The number of fused-ring (bicyclic) bond motifs is 1. The lowest BCUT2D eigenvalue weighted by atomic mass is 10.2. The second-order valence-corrected chi connectivity index (χ2v) is 3.64. The maximum Gasteiger partial charge on any atom is 0.145 e. The van der Waals surface area contributed by atoms with Gasteiger partial charge in [0.05, 0.1) is 24.3 Å². The van der Waals surface area contributed by atoms with Crippen LogP contribution in [0, 0.1) is 5.82 Å². The predicted octanol–water partition coefficient (Wildman–Crippen LogP) is 3.06. The molecule has 74 valence electrons. The molecule has 14 heavy (non-hydrogen) atoms. The standard InChI is InChI=1S/C10H9FO2S/c1-12-7-3-4-8(13-2)10-9(7)6(11)5-14-10/h3-5H,1-2H3. The number of benzene rings is 1. The first-order chi connectivity index (χ1) is 6.77. The predicted molar refractivity (Wildman–Crippen MR) is 54.9 cm³/mol. The van der Waals surface area contributed by atoms with Crippen LogP contribution in [-0.2, 0) is 0 Å². The summed E-state index contributed by atoms with van der Waals surface area (Å²) >= 11 is 1.31. The summed E-state index contributed by atoms with van der Waals surface area (Å²) in [6, 6.07) is 3.48. The molecule has 0 radical (unpaired) electrons. The molecule has 0 atom stereocenters. The molecule has 2 aromatic rings. The molecule has 2 nitrogen and oxygen atoms in total. The molecular formula is C10H9FO2S. The Balaban J connectivity index is 2.81. The van der Waals surface area contributed by atoms with E-state index in [1.807, 2.05) is 0 Å². The number of hydrogen-bond donors (Lipinski definition) is 0. The Morgan fingerprint density at radius 3 is 2.43 bits per heavy atom. The average Bonchev–Trinajstić information content (AvgIpc) is 2.60. The van der Waals surface area contributed by atoms with Crippen molar-refractivity contribution in [1.29, 1.82) is 0 Å². The minimum Gasteiger partial charge on any atom is -0.496 e. The Hall–Kier alpha value is -1.29. The first kappa shape index (κ1) is 9.27. The zero-order valence-electron chi connectivity index (χ0n) is 7.83. The van der Waals surface area contributed by atoms with Crippen molar-refractivity contribution in [2.75, 3.05) is 14.2 Å². The second-order valence-electron chi connectivity index (χ2n) is 2.76. The minimum atomic E-state index is -0.263. The van der Waals surface area contributed by atoms with Gasteiger partial charge in [-0.15, -0.1) is 11.3 Å². The minimum absolute atomic E-state index is 0.263. The number of halogens is 1. The van der Waals surface area contributed by atoms with E-state index in [9.17, 15) is 4.39 Å². The molecule has 1 aromatic carbocycles. The van der Waals surface area contributed by atoms with Crippen molar-refractivity contribution in [3.8, 4) is 11.5 Å². The fourth-order valence-corrected chi connectivity index (χ4v) is 2.31. The molecule has 0 N–H and O–H groups in total. The molecule has 0 saturated carbocycles. The molecule has 0 bridgehead atoms. The number of hydrogen-bond acceptors (Lipinski definition) is 3. The Morgan fingerprint density at radius 2 is 1.79 bits per heavy atom. The second kappa shape index (κ2) is 3.46. The van der Waals surface area contributed by atoms with Gasteiger partial charge in [-0.05, 0) is 12.1 Å². The van der Waals surface area contributed by atoms with Gasteiger partial charge in [0.15, 0.2) is 0 Å². The summed E-state index contributed by atoms with van der Waals surface area (Å²) in [4.78, 5) is 0. The van der Waals surface area contributed by atoms with Crippen molar-refractivity contribution in [3.05, 3.63) is 23.3 Å². The molecule has 1 heterocycles. The van der Waals surface area contributed by atoms with E-state index in [4.69, 9.17) is 9.47 Å². The van der Waals surface area contributed by atoms with Gasteiger partial charge in [-0.3, -0.25) is 0 Å². The molecule has 0 fully saturated rings. The fraction of sp³-hybridized carbons (Fsp3) is 0.200. The Morgan fingerprint density at radius 1 is 1.14 bits per heavy atom. The zero-order chi connectivity index (χ0) is 10.1. The SMILES string of the molecule is COc1ccc(OC)c2c(F)csc12. The van der Waals surface area contributed by atoms with E-state index in [1.165, 1.54) is 23.8 Å². The first-order valence-corrected chi connectivity index (χ1v) is 4.93. The summed E-state index contributed by atoms with van der Waals surface area (Å²) < 4.78 is 24.4. The lowest BCUT2D eigenvalue weighted by molar-refractivity contribution is 0.410. The van der Waals surface area contributed by atoms with Crippen LogP contribution in [-0.4, -0.2) is 14.2 Å². The van der Waals surface area contributed by atoms with Gasteiger partial charge >= 0.3 is 0 Å². The van der Waals surface area contributed by atoms with Gasteiger partial charge in [0.2, 0.25) is 0 Å². The maximum absolute atomic E-state index is 13.4. The number of rotatable bonds is 2. The highest BCUT2D eigenvalue weighted by atomic mass is 32.1. The average molecular weight is 212 g/mol. The van der Waals surface area contributed by atoms with Crippen molar-refractivity contribution in [2.45, 2.75) is 0 Å². The fourth-order valence-electron chi connectivity index (χ4n) is 1.39. The van der Waals surface area contributed by atoms with Crippen LogP contribution in [0.1, 0.15) is 0 Å². The third-order valence-electron chi connectivity index (χ3n) is 2.04. The quantitative estimate of drug-likeness (QED) is 0.761. The van der Waals surface area contributed by atoms with Crippen molar-refractivity contribution in [3.63, 3.8) is 0 Å². The number of methoxy groups -OCH3 is 2. The van der Waals surface area contributed by atoms with E-state index < -0.39 is 0 Å². The summed E-state index contributed by atoms with van der Waals surface area (Å²) in [5.41, 5.74) is 0. The first-order valence-electron chi connectivity index (χ1n) is 4.05. The molecule has 4 heteroatoms. The largest absolute Gasteiger partial charge is 0.496 e. The molecular weight excluding hydrogens is 203 g/mol. The number of ether oxygens (including phenoxy) is 2. The Bertz CT molecular complexity index is 464. The van der Waals surface area contributed by atoms with Gasteiger partial charge in [-0.1, -0.05) is 0 Å². The molecule has 0 spiro atoms. The van der Waals surface area contributed by atoms with Crippen molar-refractivity contribution in [1.82, 2.24) is 0 Å². The summed E-state index contributed by atoms with van der Waals surface area (Å²) in [6.45, 7) is 0. The van der Waals surface area contributed by atoms with Gasteiger partial charge in [-0.2, -0.15) is 0 Å². The molecule has 0 unspecified atom stereocenters. The third-order valence-corrected chi connectivity index (χ3v) is 3.01. The van der Waals surface area contributed by atoms with Crippen LogP contribution in [0.2, 0.25) is 0 Å². The Labute approximate surface area is 84.9 Å². The van der Waals surface area contributed by atoms with Crippen LogP contribution in [0.5, 0.6) is 11.5 Å². The topological polar surface area (TPSA) is 18.5 Å². The van der Waals surface area contributed by atoms with Gasteiger partial charge < -0.3 is 9.47 Å². The van der Waals surface area contributed by atoms with E-state index >= 15 is 0 Å². The molecule has 2 rings (SSSR count). The van der Waals surface area contributed by atoms with E-state index in [0.29, 0.717) is 16.9 Å². The molecule has 1 aromatic heterocycles. The van der Waals surface area contributed by atoms with Crippen LogP contribution in [0.25, 0.3) is 10.1 Å². The molecule has 0 aliphatic rings. The van der Waals surface area contributed by atoms with Crippen molar-refractivity contribution in [2.24, 2.45) is 0 Å². The summed E-state index contributed by atoms with van der Waals surface area (Å²) in [5, 5.41) is 1.95. The van der Waals surface area contributed by atoms with Crippen molar-refractivity contribution >= 4 is 21.4 Å². The lowest BCUT2D eigenvalue weighted by Gasteiger charge is -2.05. The van der Waals surface area contributed by atoms with Gasteiger partial charge in [0.1, 0.15) is 17.3 Å². The van der Waals surface area contributed by atoms with E-state index in [1.54, 1.807) is 19.2 Å². The monoisotopic (exact) mass is 212 g/mol. The van der Waals surface area contributed by atoms with E-state index in [0.717, 1.165) is 4.70 Å². The molecule has 0 aliphatic carbocycles. The number of thiophene rings is 1. The van der Waals surface area contributed by atoms with Crippen LogP contribution >= 0.6 is 11.3 Å². The van der Waals surface area contributed by atoms with Gasteiger partial charge in [-0.25, -0.2) is 4.39 Å². The highest BCUT2D eigenvalue weighted by Gasteiger charge is 2.13. The maximum atomic E-state index is 13.4. The van der Waals surface area contributed by atoms with Crippen LogP contribution < -0.4 is 9.47 Å². The van der Waals surface area contributed by atoms with Crippen LogP contribution in [0.3, 0.4) is 0 Å². The van der Waals surface area contributed by atoms with E-state index in [2.05, 4.69) is 0 Å². The summed E-state index contributed by atoms with van der Waals surface area (Å²) in [6.07, 6.45) is 0. The highest BCUT2D eigenvalue weighted by Crippen LogP contribution is 2.38. The van der Waals surface area contributed by atoms with Crippen LogP contribution in [0.4, 0.5) is 4.39 Å². The summed E-state index contributed by atoms with van der Waals surface area (Å²) in [5.74, 6) is 0.954. The van der Waals surface area contributed by atoms with Crippen molar-refractivity contribution < 1.29 is 13.9 Å². The highest BCUT2D eigenvalue weighted by molar-refractivity contribution is 7.17. The zero-order valence-corrected chi connectivity index (χ0v) is 8.65. The summed E-state index contributed by atoms with van der Waals surface area (Å²) in [7, 11) is 3.09. The lowest BCUT2D eigenvalue weighted by Crippen LogP contribution is -1.87. The smallest absolute Gasteiger partial charge is 0.145 e. The molecule has 0 amide bonds. The van der Waals surface area contributed by atoms with Gasteiger partial charge in [0.25, 0.3) is 0 Å². The normalized spacial score (nSPS) is 10.5. The third kappa shape index (κ3) is 1.23.